The fourth-order valence-electron chi connectivity index (χ4n) is 3.65. The average Bonchev–Trinajstić information content (AvgIpc) is 3.04. The first-order chi connectivity index (χ1) is 14.1. The van der Waals surface area contributed by atoms with Crippen molar-refractivity contribution in [2.24, 2.45) is 0 Å². The summed E-state index contributed by atoms with van der Waals surface area (Å²) in [5.41, 5.74) is 3.72. The molecule has 0 atom stereocenters. The summed E-state index contributed by atoms with van der Waals surface area (Å²) in [4.78, 5) is 26.9. The lowest BCUT2D eigenvalue weighted by Gasteiger charge is -2.14. The maximum atomic E-state index is 13.6. The van der Waals surface area contributed by atoms with Crippen molar-refractivity contribution in [3.05, 3.63) is 57.8 Å². The second-order valence-electron chi connectivity index (χ2n) is 7.83. The van der Waals surface area contributed by atoms with Crippen LogP contribution in [-0.2, 0) is 11.3 Å². The van der Waals surface area contributed by atoms with E-state index < -0.39 is 0 Å². The molecule has 0 fully saturated rings. The predicted octanol–water partition coefficient (Wildman–Crippen LogP) is 4.32. The summed E-state index contributed by atoms with van der Waals surface area (Å²) < 4.78 is 11.4. The van der Waals surface area contributed by atoms with E-state index in [-0.39, 0.29) is 36.0 Å². The van der Waals surface area contributed by atoms with E-state index in [9.17, 15) is 14.7 Å². The molecule has 0 aliphatic heterocycles. The Morgan fingerprint density at radius 2 is 1.83 bits per heavy atom. The molecule has 0 amide bonds. The number of phenols is 1. The number of hydrogen-bond donors (Lipinski definition) is 1. The Morgan fingerprint density at radius 1 is 1.13 bits per heavy atom. The molecule has 158 valence electrons. The van der Waals surface area contributed by atoms with Crippen LogP contribution >= 0.6 is 0 Å². The molecule has 1 heterocycles. The Morgan fingerprint density at radius 3 is 2.47 bits per heavy atom. The highest BCUT2D eigenvalue weighted by molar-refractivity contribution is 6.17. The van der Waals surface area contributed by atoms with Crippen LogP contribution in [0.5, 0.6) is 11.5 Å². The van der Waals surface area contributed by atoms with Crippen molar-refractivity contribution in [3.63, 3.8) is 0 Å². The number of methoxy groups -OCH3 is 1. The first-order valence-electron chi connectivity index (χ1n) is 9.75. The summed E-state index contributed by atoms with van der Waals surface area (Å²) >= 11 is 0. The van der Waals surface area contributed by atoms with E-state index in [1.54, 1.807) is 44.2 Å². The van der Waals surface area contributed by atoms with Crippen LogP contribution in [0.15, 0.2) is 28.7 Å². The van der Waals surface area contributed by atoms with Gasteiger partial charge in [-0.2, -0.15) is 0 Å². The Hall–Kier alpha value is -3.12. The molecule has 6 heteroatoms. The molecule has 0 bridgehead atoms. The molecule has 2 aromatic carbocycles. The molecule has 0 aliphatic carbocycles. The normalized spacial score (nSPS) is 11.3. The predicted molar refractivity (Wildman–Crippen MR) is 116 cm³/mol. The number of Topliss-reactive ketones (excluding diaryl/α,β-unsaturated/α-hetero) is 1. The summed E-state index contributed by atoms with van der Waals surface area (Å²) in [7, 11) is 3.36. The van der Waals surface area contributed by atoms with E-state index in [0.29, 0.717) is 33.6 Å². The molecule has 0 unspecified atom stereocenters. The third-order valence-electron chi connectivity index (χ3n) is 5.34. The van der Waals surface area contributed by atoms with Crippen LogP contribution in [-0.4, -0.2) is 42.3 Å². The van der Waals surface area contributed by atoms with Gasteiger partial charge in [0.25, 0.3) is 0 Å². The molecule has 30 heavy (non-hydrogen) atoms. The number of aryl methyl sites for hydroxylation is 2. The molecule has 0 saturated carbocycles. The summed E-state index contributed by atoms with van der Waals surface area (Å²) in [6, 6.07) is 7.10. The lowest BCUT2D eigenvalue weighted by Crippen LogP contribution is -2.24. The molecule has 0 aliphatic rings. The van der Waals surface area contributed by atoms with E-state index in [0.717, 1.165) is 11.1 Å². The third kappa shape index (κ3) is 3.96. The van der Waals surface area contributed by atoms with E-state index in [2.05, 4.69) is 0 Å². The zero-order valence-electron chi connectivity index (χ0n) is 18.3. The van der Waals surface area contributed by atoms with Crippen LogP contribution < -0.4 is 4.74 Å². The van der Waals surface area contributed by atoms with Gasteiger partial charge in [0, 0.05) is 10.9 Å². The molecule has 6 nitrogen and oxygen atoms in total. The van der Waals surface area contributed by atoms with Crippen molar-refractivity contribution in [1.82, 2.24) is 4.90 Å². The van der Waals surface area contributed by atoms with Gasteiger partial charge in [-0.1, -0.05) is 6.07 Å². The van der Waals surface area contributed by atoms with Gasteiger partial charge in [-0.25, -0.2) is 0 Å². The minimum absolute atomic E-state index is 0.0130. The SMILES string of the molecule is COc1cc(C(=O)c2c(CN(C)CC(C)=O)oc3c(O)c(C)ccc23)cc(C)c1C. The number of ether oxygens (including phenoxy) is 1. The van der Waals surface area contributed by atoms with Gasteiger partial charge in [0.15, 0.2) is 17.1 Å². The zero-order chi connectivity index (χ0) is 22.2. The highest BCUT2D eigenvalue weighted by atomic mass is 16.5. The number of benzene rings is 2. The van der Waals surface area contributed by atoms with Crippen LogP contribution in [0.3, 0.4) is 0 Å². The average molecular weight is 409 g/mol. The lowest BCUT2D eigenvalue weighted by atomic mass is 9.96. The van der Waals surface area contributed by atoms with Crippen molar-refractivity contribution in [2.75, 3.05) is 20.7 Å². The van der Waals surface area contributed by atoms with Gasteiger partial charge in [-0.05, 0) is 69.6 Å². The van der Waals surface area contributed by atoms with Crippen molar-refractivity contribution < 1.29 is 23.8 Å². The number of aromatic hydroxyl groups is 1. The van der Waals surface area contributed by atoms with Gasteiger partial charge in [0.05, 0.1) is 25.8 Å². The van der Waals surface area contributed by atoms with Crippen molar-refractivity contribution in [2.45, 2.75) is 34.2 Å². The van der Waals surface area contributed by atoms with Crippen LogP contribution in [0.1, 0.15) is 45.3 Å². The highest BCUT2D eigenvalue weighted by Crippen LogP contribution is 2.37. The maximum Gasteiger partial charge on any atom is 0.197 e. The molecular formula is C24H27NO5. The maximum absolute atomic E-state index is 13.6. The van der Waals surface area contributed by atoms with Gasteiger partial charge in [-0.3, -0.25) is 14.5 Å². The minimum atomic E-state index is -0.218. The lowest BCUT2D eigenvalue weighted by molar-refractivity contribution is -0.117. The zero-order valence-corrected chi connectivity index (χ0v) is 18.3. The topological polar surface area (TPSA) is 80.0 Å². The van der Waals surface area contributed by atoms with Gasteiger partial charge in [-0.15, -0.1) is 0 Å². The number of hydrogen-bond acceptors (Lipinski definition) is 6. The van der Waals surface area contributed by atoms with Gasteiger partial charge in [0.2, 0.25) is 0 Å². The standard InChI is InChI=1S/C24H27NO5/c1-13-7-8-18-21(23(28)17-9-14(2)16(4)19(10-17)29-6)20(30-24(18)22(13)27)12-25(5)11-15(3)26/h7-10,27H,11-12H2,1-6H3. The molecule has 1 aromatic heterocycles. The van der Waals surface area contributed by atoms with E-state index in [1.165, 1.54) is 6.92 Å². The second-order valence-corrected chi connectivity index (χ2v) is 7.83. The number of nitrogens with zero attached hydrogens (tertiary/aromatic N) is 1. The number of carbonyl (C=O) groups is 2. The third-order valence-corrected chi connectivity index (χ3v) is 5.34. The quantitative estimate of drug-likeness (QED) is 0.585. The number of carbonyl (C=O) groups excluding carboxylic acids is 2. The number of rotatable bonds is 7. The number of fused-ring (bicyclic) bond motifs is 1. The number of likely N-dealkylation sites (N-methyl/N-ethyl adjacent to an activating group) is 1. The number of furan rings is 1. The van der Waals surface area contributed by atoms with E-state index >= 15 is 0 Å². The molecule has 1 N–H and O–H groups in total. The van der Waals surface area contributed by atoms with E-state index in [1.807, 2.05) is 19.9 Å². The van der Waals surface area contributed by atoms with Gasteiger partial charge >= 0.3 is 0 Å². The summed E-state index contributed by atoms with van der Waals surface area (Å²) in [6.07, 6.45) is 0. The number of phenolic OH excluding ortho intramolecular Hbond substituents is 1. The molecule has 3 rings (SSSR count). The number of ketones is 2. The van der Waals surface area contributed by atoms with Crippen molar-refractivity contribution in [3.8, 4) is 11.5 Å². The first-order valence-corrected chi connectivity index (χ1v) is 9.75. The second kappa shape index (κ2) is 8.32. The highest BCUT2D eigenvalue weighted by Gasteiger charge is 2.26. The molecule has 0 spiro atoms. The first kappa shape index (κ1) is 21.6. The largest absolute Gasteiger partial charge is 0.504 e. The van der Waals surface area contributed by atoms with Gasteiger partial charge in [0.1, 0.15) is 17.3 Å². The molecule has 3 aromatic rings. The fraction of sp³-hybridized carbons (Fsp3) is 0.333. The van der Waals surface area contributed by atoms with Crippen LogP contribution in [0.4, 0.5) is 0 Å². The molecular weight excluding hydrogens is 382 g/mol. The Bertz CT molecular complexity index is 1140. The Labute approximate surface area is 176 Å². The molecule has 0 radical (unpaired) electrons. The Balaban J connectivity index is 2.19. The van der Waals surface area contributed by atoms with Crippen molar-refractivity contribution >= 4 is 22.5 Å². The van der Waals surface area contributed by atoms with Crippen molar-refractivity contribution in [1.29, 1.82) is 0 Å². The summed E-state index contributed by atoms with van der Waals surface area (Å²) in [5, 5.41) is 11.0. The fourth-order valence-corrected chi connectivity index (χ4v) is 3.65. The van der Waals surface area contributed by atoms with Crippen LogP contribution in [0, 0.1) is 20.8 Å². The summed E-state index contributed by atoms with van der Waals surface area (Å²) in [5.74, 6) is 0.861. The minimum Gasteiger partial charge on any atom is -0.504 e. The smallest absolute Gasteiger partial charge is 0.197 e. The van der Waals surface area contributed by atoms with Gasteiger partial charge < -0.3 is 14.3 Å². The molecule has 0 saturated heterocycles. The van der Waals surface area contributed by atoms with Crippen LogP contribution in [0.25, 0.3) is 11.0 Å². The monoisotopic (exact) mass is 409 g/mol. The Kier molecular flexibility index (Phi) is 5.99. The summed E-state index contributed by atoms with van der Waals surface area (Å²) in [6.45, 7) is 7.65. The van der Waals surface area contributed by atoms with E-state index in [4.69, 9.17) is 9.15 Å². The van der Waals surface area contributed by atoms with Crippen LogP contribution in [0.2, 0.25) is 0 Å².